The summed E-state index contributed by atoms with van der Waals surface area (Å²) in [4.78, 5) is 16.3. The number of amides is 1. The van der Waals surface area contributed by atoms with E-state index in [1.54, 1.807) is 0 Å². The molecule has 0 saturated carbocycles. The van der Waals surface area contributed by atoms with Gasteiger partial charge in [-0.3, -0.25) is 14.7 Å². The minimum absolute atomic E-state index is 0.106. The van der Waals surface area contributed by atoms with Gasteiger partial charge in [0, 0.05) is 43.3 Å². The Balaban J connectivity index is 1.35. The van der Waals surface area contributed by atoms with Crippen LogP contribution in [-0.2, 0) is 9.53 Å². The van der Waals surface area contributed by atoms with Gasteiger partial charge in [-0.1, -0.05) is 18.2 Å². The number of nitrogens with zero attached hydrogens (tertiary/aromatic N) is 3. The van der Waals surface area contributed by atoms with Crippen LogP contribution in [0.3, 0.4) is 0 Å². The minimum atomic E-state index is -0.106. The second-order valence-corrected chi connectivity index (χ2v) is 10.0. The lowest BCUT2D eigenvalue weighted by Crippen LogP contribution is -2.58. The Hall–Kier alpha value is -1.89. The first-order valence-corrected chi connectivity index (χ1v) is 11.5. The van der Waals surface area contributed by atoms with Gasteiger partial charge in [0.1, 0.15) is 0 Å². The van der Waals surface area contributed by atoms with Crippen molar-refractivity contribution >= 4 is 17.2 Å². The zero-order valence-electron chi connectivity index (χ0n) is 18.2. The Morgan fingerprint density at radius 1 is 1.27 bits per heavy atom. The molecule has 1 aromatic carbocycles. The quantitative estimate of drug-likeness (QED) is 0.833. The number of rotatable bonds is 3. The van der Waals surface area contributed by atoms with Crippen molar-refractivity contribution in [2.24, 2.45) is 5.92 Å². The molecule has 2 saturated heterocycles. The topological polar surface area (TPSA) is 48.1 Å². The molecular weight excluding hydrogens is 376 g/mol. The summed E-state index contributed by atoms with van der Waals surface area (Å²) < 4.78 is 5.79. The second-order valence-electron chi connectivity index (χ2n) is 10.0. The lowest BCUT2D eigenvalue weighted by Gasteiger charge is -2.45. The van der Waals surface area contributed by atoms with Gasteiger partial charge in [0.25, 0.3) is 0 Å². The monoisotopic (exact) mass is 408 g/mol. The molecule has 6 nitrogen and oxygen atoms in total. The van der Waals surface area contributed by atoms with Crippen molar-refractivity contribution in [3.05, 3.63) is 35.4 Å². The highest BCUT2D eigenvalue weighted by Crippen LogP contribution is 2.48. The molecule has 30 heavy (non-hydrogen) atoms. The third-order valence-corrected chi connectivity index (χ3v) is 7.81. The Morgan fingerprint density at radius 2 is 2.13 bits per heavy atom. The molecular formula is C24H32N4O2. The summed E-state index contributed by atoms with van der Waals surface area (Å²) >= 11 is 0. The van der Waals surface area contributed by atoms with Crippen LogP contribution in [0.5, 0.6) is 0 Å². The van der Waals surface area contributed by atoms with Gasteiger partial charge >= 0.3 is 0 Å². The molecule has 2 bridgehead atoms. The van der Waals surface area contributed by atoms with E-state index in [1.807, 2.05) is 5.01 Å². The number of anilines is 1. The average molecular weight is 409 g/mol. The highest BCUT2D eigenvalue weighted by molar-refractivity contribution is 5.87. The van der Waals surface area contributed by atoms with Crippen molar-refractivity contribution in [1.29, 1.82) is 0 Å². The first kappa shape index (κ1) is 18.8. The number of nitrogens with one attached hydrogen (secondary N) is 1. The van der Waals surface area contributed by atoms with E-state index in [0.717, 1.165) is 39.1 Å². The number of fused-ring (bicyclic) bond motifs is 4. The van der Waals surface area contributed by atoms with Crippen molar-refractivity contribution in [3.8, 4) is 0 Å². The van der Waals surface area contributed by atoms with Crippen molar-refractivity contribution < 1.29 is 9.53 Å². The van der Waals surface area contributed by atoms with Crippen molar-refractivity contribution in [1.82, 2.24) is 14.9 Å². The zero-order valence-corrected chi connectivity index (χ0v) is 18.2. The van der Waals surface area contributed by atoms with Gasteiger partial charge in [-0.15, -0.1) is 0 Å². The molecule has 4 aliphatic heterocycles. The first-order valence-electron chi connectivity index (χ1n) is 11.5. The summed E-state index contributed by atoms with van der Waals surface area (Å²) in [6.07, 6.45) is 4.78. The van der Waals surface area contributed by atoms with Crippen molar-refractivity contribution in [2.75, 3.05) is 38.6 Å². The normalized spacial score (nSPS) is 34.5. The molecule has 0 radical (unpaired) electrons. The van der Waals surface area contributed by atoms with Crippen LogP contribution in [0.25, 0.3) is 5.57 Å². The lowest BCUT2D eigenvalue weighted by molar-refractivity contribution is -0.167. The van der Waals surface area contributed by atoms with E-state index >= 15 is 0 Å². The van der Waals surface area contributed by atoms with E-state index in [9.17, 15) is 4.79 Å². The number of hydrogen-bond donors (Lipinski definition) is 1. The van der Waals surface area contributed by atoms with Gasteiger partial charge in [0.15, 0.2) is 0 Å². The Labute approximate surface area is 178 Å². The number of likely N-dealkylation sites (N-methyl/N-ethyl adjacent to an activating group) is 1. The van der Waals surface area contributed by atoms with Crippen LogP contribution in [0.15, 0.2) is 24.3 Å². The number of ether oxygens (including phenoxy) is 1. The predicted octanol–water partition coefficient (Wildman–Crippen LogP) is 2.54. The molecule has 1 aliphatic carbocycles. The van der Waals surface area contributed by atoms with E-state index in [0.29, 0.717) is 18.0 Å². The highest BCUT2D eigenvalue weighted by atomic mass is 16.5. The van der Waals surface area contributed by atoms with Gasteiger partial charge in [-0.2, -0.15) is 0 Å². The lowest BCUT2D eigenvalue weighted by atomic mass is 9.74. The standard InChI is InChI=1S/C24H32N4O2/c1-14(2)28(27-12-18-9-17(27)13-30-18)24(29)16-7-20-19-5-4-6-21-23(19)15(10-25-21)8-22(20)26(3)11-16/h4-7,14-18,22,25H,8-13H2,1-3H3/t15?,16-,17+,18+,22-/m1/s1. The van der Waals surface area contributed by atoms with Crippen LogP contribution in [0.1, 0.15) is 43.7 Å². The molecule has 1 amide bonds. The zero-order chi connectivity index (χ0) is 20.6. The number of hydrogen-bond acceptors (Lipinski definition) is 5. The van der Waals surface area contributed by atoms with Crippen LogP contribution in [0.2, 0.25) is 0 Å². The molecule has 6 heteroatoms. The van der Waals surface area contributed by atoms with Gasteiger partial charge in [-0.05, 0) is 56.5 Å². The van der Waals surface area contributed by atoms with Gasteiger partial charge < -0.3 is 10.1 Å². The number of benzene rings is 1. The third kappa shape index (κ3) is 2.70. The van der Waals surface area contributed by atoms with Gasteiger partial charge in [-0.25, -0.2) is 5.01 Å². The smallest absolute Gasteiger partial charge is 0.245 e. The second kappa shape index (κ2) is 6.81. The van der Waals surface area contributed by atoms with E-state index in [4.69, 9.17) is 4.74 Å². The Kier molecular flexibility index (Phi) is 4.28. The maximum atomic E-state index is 13.8. The van der Waals surface area contributed by atoms with Crippen molar-refractivity contribution in [3.63, 3.8) is 0 Å². The molecule has 6 rings (SSSR count). The fraction of sp³-hybridized carbons (Fsp3) is 0.625. The van der Waals surface area contributed by atoms with E-state index < -0.39 is 0 Å². The molecule has 160 valence electrons. The summed E-state index contributed by atoms with van der Waals surface area (Å²) in [7, 11) is 2.19. The van der Waals surface area contributed by atoms with Crippen LogP contribution < -0.4 is 5.32 Å². The van der Waals surface area contributed by atoms with Crippen LogP contribution >= 0.6 is 0 Å². The SMILES string of the molecule is CC(C)N(C(=O)[C@@H]1C=C2c3cccc4c3C(CN4)C[C@H]2N(C)C1)N1C[C@@H]2C[C@H]1CO2. The molecule has 5 aliphatic rings. The number of carbonyl (C=O) groups is 1. The predicted molar refractivity (Wildman–Crippen MR) is 117 cm³/mol. The minimum Gasteiger partial charge on any atom is -0.384 e. The highest BCUT2D eigenvalue weighted by Gasteiger charge is 2.46. The fourth-order valence-electron chi connectivity index (χ4n) is 6.49. The van der Waals surface area contributed by atoms with Crippen molar-refractivity contribution in [2.45, 2.75) is 56.8 Å². The number of hydrazine groups is 1. The summed E-state index contributed by atoms with van der Waals surface area (Å²) in [6.45, 7) is 7.69. The number of morpholine rings is 1. The molecule has 0 aromatic heterocycles. The van der Waals surface area contributed by atoms with Gasteiger partial charge in [0.05, 0.1) is 24.7 Å². The maximum Gasteiger partial charge on any atom is 0.245 e. The van der Waals surface area contributed by atoms with Gasteiger partial charge in [0.2, 0.25) is 5.91 Å². The molecule has 5 atom stereocenters. The summed E-state index contributed by atoms with van der Waals surface area (Å²) in [6, 6.07) is 7.51. The molecule has 0 spiro atoms. The maximum absolute atomic E-state index is 13.8. The van der Waals surface area contributed by atoms with Crippen LogP contribution in [0.4, 0.5) is 5.69 Å². The van der Waals surface area contributed by atoms with E-state index in [2.05, 4.69) is 60.4 Å². The molecule has 1 unspecified atom stereocenters. The largest absolute Gasteiger partial charge is 0.384 e. The molecule has 2 fully saturated rings. The fourth-order valence-corrected chi connectivity index (χ4v) is 6.49. The van der Waals surface area contributed by atoms with Crippen LogP contribution in [0, 0.1) is 5.92 Å². The third-order valence-electron chi connectivity index (χ3n) is 7.81. The van der Waals surface area contributed by atoms with E-state index in [1.165, 1.54) is 22.4 Å². The molecule has 1 N–H and O–H groups in total. The summed E-state index contributed by atoms with van der Waals surface area (Å²) in [5, 5.41) is 7.93. The average Bonchev–Trinajstić information content (AvgIpc) is 3.45. The Morgan fingerprint density at radius 3 is 2.87 bits per heavy atom. The molecule has 1 aromatic rings. The molecule has 4 heterocycles. The first-order chi connectivity index (χ1) is 14.5. The summed E-state index contributed by atoms with van der Waals surface area (Å²) in [5.41, 5.74) is 5.46. The van der Waals surface area contributed by atoms with E-state index in [-0.39, 0.29) is 24.0 Å². The van der Waals surface area contributed by atoms with Crippen LogP contribution in [-0.4, -0.2) is 78.3 Å². The number of carbonyl (C=O) groups excluding carboxylic acids is 1. The Bertz CT molecular complexity index is 912. The summed E-state index contributed by atoms with van der Waals surface area (Å²) in [5.74, 6) is 0.717.